The van der Waals surface area contributed by atoms with E-state index in [-0.39, 0.29) is 11.9 Å². The summed E-state index contributed by atoms with van der Waals surface area (Å²) < 4.78 is 5.80. The highest BCUT2D eigenvalue weighted by Crippen LogP contribution is 2.27. The maximum absolute atomic E-state index is 11.0. The predicted octanol–water partition coefficient (Wildman–Crippen LogP) is 3.56. The van der Waals surface area contributed by atoms with Crippen LogP contribution in [0.3, 0.4) is 0 Å². The molecular formula is C14H20O2. The lowest BCUT2D eigenvalue weighted by molar-refractivity contribution is -0.118. The van der Waals surface area contributed by atoms with E-state index in [1.165, 1.54) is 5.56 Å². The SMILES string of the molecule is CC(=O)CC(C)Oc1ccccc1C(C)C. The second-order valence-electron chi connectivity index (χ2n) is 4.53. The molecule has 0 N–H and O–H groups in total. The topological polar surface area (TPSA) is 26.3 Å². The minimum absolute atomic E-state index is 0.0580. The first-order valence-electron chi connectivity index (χ1n) is 5.75. The van der Waals surface area contributed by atoms with Gasteiger partial charge in [-0.2, -0.15) is 0 Å². The van der Waals surface area contributed by atoms with Crippen LogP contribution < -0.4 is 4.74 Å². The zero-order valence-electron chi connectivity index (χ0n) is 10.5. The second kappa shape index (κ2) is 5.69. The number of ketones is 1. The number of ether oxygens (including phenoxy) is 1. The average molecular weight is 220 g/mol. The maximum atomic E-state index is 11.0. The van der Waals surface area contributed by atoms with Gasteiger partial charge < -0.3 is 4.74 Å². The lowest BCUT2D eigenvalue weighted by Gasteiger charge is -2.18. The van der Waals surface area contributed by atoms with Crippen LogP contribution >= 0.6 is 0 Å². The van der Waals surface area contributed by atoms with E-state index in [0.717, 1.165) is 5.75 Å². The molecule has 0 aliphatic rings. The van der Waals surface area contributed by atoms with Crippen LogP contribution in [0.1, 0.15) is 45.6 Å². The molecule has 0 saturated heterocycles. The fourth-order valence-corrected chi connectivity index (χ4v) is 1.73. The summed E-state index contributed by atoms with van der Waals surface area (Å²) in [5.41, 5.74) is 1.19. The standard InChI is InChI=1S/C14H20O2/c1-10(2)13-7-5-6-8-14(13)16-12(4)9-11(3)15/h5-8,10,12H,9H2,1-4H3. The van der Waals surface area contributed by atoms with Crippen LogP contribution in [0.5, 0.6) is 5.75 Å². The van der Waals surface area contributed by atoms with Gasteiger partial charge in [-0.3, -0.25) is 4.79 Å². The Morgan fingerprint density at radius 3 is 2.44 bits per heavy atom. The molecule has 1 atom stereocenters. The van der Waals surface area contributed by atoms with E-state index < -0.39 is 0 Å². The number of para-hydroxylation sites is 1. The van der Waals surface area contributed by atoms with Crippen molar-refractivity contribution in [1.82, 2.24) is 0 Å². The number of benzene rings is 1. The molecule has 0 bridgehead atoms. The Balaban J connectivity index is 2.76. The van der Waals surface area contributed by atoms with Crippen molar-refractivity contribution in [2.24, 2.45) is 0 Å². The monoisotopic (exact) mass is 220 g/mol. The predicted molar refractivity (Wildman–Crippen MR) is 65.9 cm³/mol. The first-order chi connectivity index (χ1) is 7.50. The van der Waals surface area contributed by atoms with Gasteiger partial charge in [0.25, 0.3) is 0 Å². The molecule has 2 heteroatoms. The molecule has 0 fully saturated rings. The summed E-state index contributed by atoms with van der Waals surface area (Å²) in [6, 6.07) is 8.01. The minimum atomic E-state index is -0.0580. The number of hydrogen-bond acceptors (Lipinski definition) is 2. The minimum Gasteiger partial charge on any atom is -0.490 e. The zero-order chi connectivity index (χ0) is 12.1. The van der Waals surface area contributed by atoms with E-state index in [2.05, 4.69) is 19.9 Å². The molecule has 1 rings (SSSR count). The molecule has 88 valence electrons. The van der Waals surface area contributed by atoms with Crippen molar-refractivity contribution in [1.29, 1.82) is 0 Å². The molecular weight excluding hydrogens is 200 g/mol. The van der Waals surface area contributed by atoms with Crippen LogP contribution in [0.25, 0.3) is 0 Å². The molecule has 0 aliphatic heterocycles. The Kier molecular flexibility index (Phi) is 4.53. The third-order valence-electron chi connectivity index (χ3n) is 2.44. The van der Waals surface area contributed by atoms with Gasteiger partial charge in [0, 0.05) is 6.42 Å². The van der Waals surface area contributed by atoms with Crippen LogP contribution in [0.4, 0.5) is 0 Å². The Hall–Kier alpha value is -1.31. The fraction of sp³-hybridized carbons (Fsp3) is 0.500. The Labute approximate surface area is 97.6 Å². The molecule has 0 aliphatic carbocycles. The van der Waals surface area contributed by atoms with Gasteiger partial charge in [-0.25, -0.2) is 0 Å². The third-order valence-corrected chi connectivity index (χ3v) is 2.44. The molecule has 0 radical (unpaired) electrons. The molecule has 0 heterocycles. The van der Waals surface area contributed by atoms with Gasteiger partial charge in [-0.05, 0) is 31.4 Å². The van der Waals surface area contributed by atoms with E-state index in [9.17, 15) is 4.79 Å². The van der Waals surface area contributed by atoms with E-state index in [4.69, 9.17) is 4.74 Å². The van der Waals surface area contributed by atoms with Crippen LogP contribution in [-0.4, -0.2) is 11.9 Å². The highest BCUT2D eigenvalue weighted by atomic mass is 16.5. The number of Topliss-reactive ketones (excluding diaryl/α,β-unsaturated/α-hetero) is 1. The summed E-state index contributed by atoms with van der Waals surface area (Å²) in [6.45, 7) is 7.79. The molecule has 0 amide bonds. The first-order valence-corrected chi connectivity index (χ1v) is 5.75. The summed E-state index contributed by atoms with van der Waals surface area (Å²) in [7, 11) is 0. The number of carbonyl (C=O) groups is 1. The molecule has 0 spiro atoms. The Morgan fingerprint density at radius 1 is 1.25 bits per heavy atom. The molecule has 2 nitrogen and oxygen atoms in total. The normalized spacial score (nSPS) is 12.6. The lowest BCUT2D eigenvalue weighted by atomic mass is 10.0. The third kappa shape index (κ3) is 3.69. The van der Waals surface area contributed by atoms with Crippen molar-refractivity contribution in [2.75, 3.05) is 0 Å². The first kappa shape index (κ1) is 12.8. The largest absolute Gasteiger partial charge is 0.490 e. The van der Waals surface area contributed by atoms with Gasteiger partial charge >= 0.3 is 0 Å². The zero-order valence-corrected chi connectivity index (χ0v) is 10.5. The highest BCUT2D eigenvalue weighted by Gasteiger charge is 2.11. The molecule has 1 aromatic rings. The van der Waals surface area contributed by atoms with Crippen molar-refractivity contribution in [3.63, 3.8) is 0 Å². The second-order valence-corrected chi connectivity index (χ2v) is 4.53. The number of hydrogen-bond donors (Lipinski definition) is 0. The average Bonchev–Trinajstić information content (AvgIpc) is 2.16. The summed E-state index contributed by atoms with van der Waals surface area (Å²) in [5, 5.41) is 0. The quantitative estimate of drug-likeness (QED) is 0.758. The summed E-state index contributed by atoms with van der Waals surface area (Å²) in [4.78, 5) is 11.0. The van der Waals surface area contributed by atoms with Gasteiger partial charge in [-0.15, -0.1) is 0 Å². The number of carbonyl (C=O) groups excluding carboxylic acids is 1. The van der Waals surface area contributed by atoms with E-state index in [0.29, 0.717) is 12.3 Å². The Bertz CT molecular complexity index is 356. The smallest absolute Gasteiger partial charge is 0.133 e. The van der Waals surface area contributed by atoms with Crippen molar-refractivity contribution < 1.29 is 9.53 Å². The molecule has 1 unspecified atom stereocenters. The number of rotatable bonds is 5. The molecule has 0 saturated carbocycles. The van der Waals surface area contributed by atoms with Crippen molar-refractivity contribution in [3.05, 3.63) is 29.8 Å². The van der Waals surface area contributed by atoms with E-state index in [1.54, 1.807) is 6.92 Å². The molecule has 1 aromatic carbocycles. The van der Waals surface area contributed by atoms with Crippen LogP contribution in [-0.2, 0) is 4.79 Å². The van der Waals surface area contributed by atoms with E-state index >= 15 is 0 Å². The maximum Gasteiger partial charge on any atom is 0.133 e. The van der Waals surface area contributed by atoms with Gasteiger partial charge in [0.05, 0.1) is 0 Å². The lowest BCUT2D eigenvalue weighted by Crippen LogP contribution is -2.16. The van der Waals surface area contributed by atoms with Gasteiger partial charge in [0.15, 0.2) is 0 Å². The van der Waals surface area contributed by atoms with Crippen molar-refractivity contribution in [2.45, 2.75) is 46.1 Å². The summed E-state index contributed by atoms with van der Waals surface area (Å²) in [5.74, 6) is 1.49. The molecule has 0 aromatic heterocycles. The van der Waals surface area contributed by atoms with Crippen molar-refractivity contribution in [3.8, 4) is 5.75 Å². The van der Waals surface area contributed by atoms with Gasteiger partial charge in [-0.1, -0.05) is 32.0 Å². The van der Waals surface area contributed by atoms with E-state index in [1.807, 2.05) is 25.1 Å². The molecule has 16 heavy (non-hydrogen) atoms. The summed E-state index contributed by atoms with van der Waals surface area (Å²) in [6.07, 6.45) is 0.407. The summed E-state index contributed by atoms with van der Waals surface area (Å²) >= 11 is 0. The van der Waals surface area contributed by atoms with Gasteiger partial charge in [0.1, 0.15) is 17.6 Å². The van der Waals surface area contributed by atoms with Crippen molar-refractivity contribution >= 4 is 5.78 Å². The van der Waals surface area contributed by atoms with Crippen LogP contribution in [0, 0.1) is 0 Å². The highest BCUT2D eigenvalue weighted by molar-refractivity contribution is 5.75. The fourth-order valence-electron chi connectivity index (χ4n) is 1.73. The van der Waals surface area contributed by atoms with Gasteiger partial charge in [0.2, 0.25) is 0 Å². The van der Waals surface area contributed by atoms with Crippen LogP contribution in [0.15, 0.2) is 24.3 Å². The Morgan fingerprint density at radius 2 is 1.88 bits per heavy atom. The van der Waals surface area contributed by atoms with Crippen LogP contribution in [0.2, 0.25) is 0 Å².